The Labute approximate surface area is 111 Å². The van der Waals surface area contributed by atoms with Crippen molar-refractivity contribution in [2.24, 2.45) is 5.92 Å². The van der Waals surface area contributed by atoms with E-state index in [9.17, 15) is 13.2 Å². The van der Waals surface area contributed by atoms with Gasteiger partial charge in [0, 0.05) is 18.0 Å². The van der Waals surface area contributed by atoms with E-state index in [-0.39, 0.29) is 29.7 Å². The van der Waals surface area contributed by atoms with E-state index in [1.807, 2.05) is 30.3 Å². The molecule has 2 aliphatic heterocycles. The summed E-state index contributed by atoms with van der Waals surface area (Å²) < 4.78 is 22.0. The number of benzene rings is 1. The van der Waals surface area contributed by atoms with Gasteiger partial charge in [-0.1, -0.05) is 30.3 Å². The summed E-state index contributed by atoms with van der Waals surface area (Å²) in [5.41, 5.74) is 0.920. The first kappa shape index (κ1) is 12.4. The van der Waals surface area contributed by atoms with Crippen LogP contribution in [-0.4, -0.2) is 37.6 Å². The molecule has 0 aliphatic carbocycles. The molecule has 2 saturated heterocycles. The number of nitrogens with zero attached hydrogens (tertiary/aromatic N) is 1. The molecule has 2 aliphatic rings. The highest BCUT2D eigenvalue weighted by Gasteiger charge is 2.43. The van der Waals surface area contributed by atoms with Crippen LogP contribution < -0.4 is 5.32 Å². The number of amides is 2. The number of hydroxylamine groups is 2. The Bertz CT molecular complexity index is 575. The van der Waals surface area contributed by atoms with Crippen molar-refractivity contribution in [1.29, 1.82) is 0 Å². The van der Waals surface area contributed by atoms with Crippen molar-refractivity contribution in [1.82, 2.24) is 10.4 Å². The zero-order valence-corrected chi connectivity index (χ0v) is 11.0. The Kier molecular flexibility index (Phi) is 2.94. The number of hydrogen-bond acceptors (Lipinski definition) is 4. The molecule has 2 amide bonds. The summed E-state index contributed by atoms with van der Waals surface area (Å²) in [6.45, 7) is 0.374. The summed E-state index contributed by atoms with van der Waals surface area (Å²) in [6.07, 6.45) is -0.327. The Balaban J connectivity index is 1.46. The van der Waals surface area contributed by atoms with Gasteiger partial charge in [0.1, 0.15) is 0 Å². The molecule has 7 heteroatoms. The van der Waals surface area contributed by atoms with Crippen LogP contribution in [-0.2, 0) is 14.7 Å². The third-order valence-electron chi connectivity index (χ3n) is 3.19. The fourth-order valence-corrected chi connectivity index (χ4v) is 3.72. The number of hydrogen-bond donors (Lipinski definition) is 1. The molecule has 1 N–H and O–H groups in total. The molecule has 0 saturated carbocycles. The lowest BCUT2D eigenvalue weighted by molar-refractivity contribution is 0.176. The Morgan fingerprint density at radius 1 is 1.32 bits per heavy atom. The molecule has 1 aromatic carbocycles. The van der Waals surface area contributed by atoms with E-state index in [0.29, 0.717) is 6.54 Å². The Morgan fingerprint density at radius 3 is 2.63 bits per heavy atom. The molecule has 0 radical (unpaired) electrons. The lowest BCUT2D eigenvalue weighted by atomic mass is 10.2. The lowest BCUT2D eigenvalue weighted by Crippen LogP contribution is -2.44. The molecule has 1 aromatic rings. The monoisotopic (exact) mass is 282 g/mol. The van der Waals surface area contributed by atoms with Gasteiger partial charge in [-0.25, -0.2) is 18.0 Å². The topological polar surface area (TPSA) is 78.8 Å². The van der Waals surface area contributed by atoms with Gasteiger partial charge in [0.2, 0.25) is 6.23 Å². The predicted octanol–water partition coefficient (Wildman–Crippen LogP) is 0.687. The van der Waals surface area contributed by atoms with Gasteiger partial charge in [0.15, 0.2) is 9.84 Å². The number of carbonyl (C=O) groups is 1. The minimum absolute atomic E-state index is 0.0316. The van der Waals surface area contributed by atoms with Crippen LogP contribution in [0.15, 0.2) is 30.3 Å². The Morgan fingerprint density at radius 2 is 2.00 bits per heavy atom. The predicted molar refractivity (Wildman–Crippen MR) is 67.6 cm³/mol. The van der Waals surface area contributed by atoms with Gasteiger partial charge >= 0.3 is 6.03 Å². The largest absolute Gasteiger partial charge is 0.344 e. The Hall–Kier alpha value is -1.60. The molecule has 1 unspecified atom stereocenters. The second kappa shape index (κ2) is 4.50. The lowest BCUT2D eigenvalue weighted by Gasteiger charge is -2.25. The second-order valence-corrected chi connectivity index (χ2v) is 6.98. The van der Waals surface area contributed by atoms with Crippen LogP contribution in [0, 0.1) is 5.92 Å². The molecule has 0 aromatic heterocycles. The maximum atomic E-state index is 11.7. The van der Waals surface area contributed by atoms with E-state index in [4.69, 9.17) is 4.84 Å². The minimum atomic E-state index is -2.83. The summed E-state index contributed by atoms with van der Waals surface area (Å²) in [5.74, 6) is 0.357. The summed E-state index contributed by atoms with van der Waals surface area (Å²) in [4.78, 5) is 16.9. The SMILES string of the molecule is O=C(NCC1CS(=O)(=O)C1)N1OC1c1ccccc1. The van der Waals surface area contributed by atoms with Crippen LogP contribution in [0.2, 0.25) is 0 Å². The molecule has 0 bridgehead atoms. The zero-order valence-electron chi connectivity index (χ0n) is 10.2. The van der Waals surface area contributed by atoms with Crippen LogP contribution in [0.5, 0.6) is 0 Å². The fraction of sp³-hybridized carbons (Fsp3) is 0.417. The highest BCUT2D eigenvalue weighted by molar-refractivity contribution is 7.92. The van der Waals surface area contributed by atoms with Gasteiger partial charge in [0.05, 0.1) is 11.5 Å². The summed E-state index contributed by atoms with van der Waals surface area (Å²) in [6, 6.07) is 9.11. The first-order valence-corrected chi connectivity index (χ1v) is 7.86. The van der Waals surface area contributed by atoms with Crippen molar-refractivity contribution < 1.29 is 18.0 Å². The highest BCUT2D eigenvalue weighted by Crippen LogP contribution is 2.36. The molecule has 2 heterocycles. The van der Waals surface area contributed by atoms with E-state index in [2.05, 4.69) is 5.32 Å². The van der Waals surface area contributed by atoms with Crippen molar-refractivity contribution in [2.45, 2.75) is 6.23 Å². The van der Waals surface area contributed by atoms with Gasteiger partial charge in [-0.15, -0.1) is 0 Å². The molecule has 2 fully saturated rings. The van der Waals surface area contributed by atoms with Crippen molar-refractivity contribution >= 4 is 15.9 Å². The third-order valence-corrected chi connectivity index (χ3v) is 5.15. The average molecular weight is 282 g/mol. The first-order chi connectivity index (χ1) is 9.05. The van der Waals surface area contributed by atoms with E-state index in [1.165, 1.54) is 5.06 Å². The van der Waals surface area contributed by atoms with Crippen molar-refractivity contribution in [3.63, 3.8) is 0 Å². The van der Waals surface area contributed by atoms with Gasteiger partial charge in [-0.05, 0) is 0 Å². The molecular weight excluding hydrogens is 268 g/mol. The van der Waals surface area contributed by atoms with Crippen LogP contribution in [0.25, 0.3) is 0 Å². The molecular formula is C12H14N2O4S. The van der Waals surface area contributed by atoms with Crippen molar-refractivity contribution in [2.75, 3.05) is 18.1 Å². The van der Waals surface area contributed by atoms with Crippen LogP contribution in [0.1, 0.15) is 11.8 Å². The third kappa shape index (κ3) is 2.71. The maximum absolute atomic E-state index is 11.7. The van der Waals surface area contributed by atoms with Crippen LogP contribution >= 0.6 is 0 Å². The standard InChI is InChI=1S/C12H14N2O4S/c15-12(13-6-9-7-19(16,17)8-9)14-11(18-14)10-4-2-1-3-5-10/h1-5,9,11H,6-8H2,(H,13,15). The number of nitrogens with one attached hydrogen (secondary N) is 1. The van der Waals surface area contributed by atoms with Crippen molar-refractivity contribution in [3.8, 4) is 0 Å². The number of carbonyl (C=O) groups excluding carboxylic acids is 1. The van der Waals surface area contributed by atoms with E-state index >= 15 is 0 Å². The minimum Gasteiger partial charge on any atom is -0.336 e. The quantitative estimate of drug-likeness (QED) is 0.827. The summed E-state index contributed by atoms with van der Waals surface area (Å²) in [7, 11) is -2.83. The molecule has 1 atom stereocenters. The maximum Gasteiger partial charge on any atom is 0.344 e. The van der Waals surface area contributed by atoms with Crippen molar-refractivity contribution in [3.05, 3.63) is 35.9 Å². The summed E-state index contributed by atoms with van der Waals surface area (Å²) in [5, 5.41) is 3.93. The van der Waals surface area contributed by atoms with E-state index in [1.54, 1.807) is 0 Å². The normalized spacial score (nSPS) is 24.6. The molecule has 102 valence electrons. The van der Waals surface area contributed by atoms with Crippen LogP contribution in [0.4, 0.5) is 4.79 Å². The number of sulfone groups is 1. The second-order valence-electron chi connectivity index (χ2n) is 4.82. The number of rotatable bonds is 3. The van der Waals surface area contributed by atoms with Gasteiger partial charge in [0.25, 0.3) is 0 Å². The smallest absolute Gasteiger partial charge is 0.336 e. The molecule has 3 rings (SSSR count). The van der Waals surface area contributed by atoms with E-state index < -0.39 is 9.84 Å². The highest BCUT2D eigenvalue weighted by atomic mass is 32.2. The summed E-state index contributed by atoms with van der Waals surface area (Å²) >= 11 is 0. The first-order valence-electron chi connectivity index (χ1n) is 6.04. The van der Waals surface area contributed by atoms with Crippen LogP contribution in [0.3, 0.4) is 0 Å². The molecule has 19 heavy (non-hydrogen) atoms. The van der Waals surface area contributed by atoms with Gasteiger partial charge in [-0.3, -0.25) is 0 Å². The average Bonchev–Trinajstić information content (AvgIpc) is 3.14. The van der Waals surface area contributed by atoms with Gasteiger partial charge in [-0.2, -0.15) is 5.06 Å². The van der Waals surface area contributed by atoms with E-state index in [0.717, 1.165) is 5.56 Å². The number of urea groups is 1. The molecule has 6 nitrogen and oxygen atoms in total. The zero-order chi connectivity index (χ0) is 13.5. The fourth-order valence-electron chi connectivity index (χ4n) is 2.15. The molecule has 0 spiro atoms. The van der Waals surface area contributed by atoms with Gasteiger partial charge < -0.3 is 5.32 Å².